The van der Waals surface area contributed by atoms with Gasteiger partial charge in [-0.2, -0.15) is 0 Å². The molecule has 2 amide bonds. The van der Waals surface area contributed by atoms with Crippen LogP contribution in [-0.2, 0) is 22.5 Å². The van der Waals surface area contributed by atoms with Crippen molar-refractivity contribution in [2.75, 3.05) is 15.5 Å². The number of fused-ring (bicyclic) bond motifs is 1. The second-order valence-electron chi connectivity index (χ2n) is 10.1. The van der Waals surface area contributed by atoms with E-state index in [4.69, 9.17) is 10.5 Å². The standard InChI is InChI=1S/C29H33N5O4/c1-29(2,3)38-28(37)32-22-9-6-7-19(17-22)18-34-25-10-5-4-8-20(25)11-16-24(26(34)36)33-27(30)31-21-12-14-23(35)15-13-21/h4-10,12-15,17,24,35H,11,16,18H2,1-3H3,(H,32,37)(H3,30,31,33). The maximum Gasteiger partial charge on any atom is 0.412 e. The minimum absolute atomic E-state index is 0.114. The van der Waals surface area contributed by atoms with E-state index in [0.717, 1.165) is 16.8 Å². The van der Waals surface area contributed by atoms with Crippen LogP contribution in [0.3, 0.4) is 0 Å². The average molecular weight is 516 g/mol. The summed E-state index contributed by atoms with van der Waals surface area (Å²) in [5.41, 5.74) is 9.47. The number of rotatable bonds is 5. The van der Waals surface area contributed by atoms with Crippen molar-refractivity contribution in [2.45, 2.75) is 51.8 Å². The monoisotopic (exact) mass is 515 g/mol. The Bertz CT molecular complexity index is 1330. The van der Waals surface area contributed by atoms with Crippen molar-refractivity contribution in [1.29, 1.82) is 0 Å². The van der Waals surface area contributed by atoms with Crippen LogP contribution in [0.25, 0.3) is 0 Å². The first-order valence-electron chi connectivity index (χ1n) is 12.4. The molecule has 0 radical (unpaired) electrons. The van der Waals surface area contributed by atoms with E-state index in [1.807, 2.05) is 42.5 Å². The predicted molar refractivity (Wildman–Crippen MR) is 149 cm³/mol. The third-order valence-corrected chi connectivity index (χ3v) is 5.87. The van der Waals surface area contributed by atoms with Gasteiger partial charge in [-0.1, -0.05) is 30.3 Å². The van der Waals surface area contributed by atoms with E-state index in [1.165, 1.54) is 12.1 Å². The first-order valence-corrected chi connectivity index (χ1v) is 12.4. The Morgan fingerprint density at radius 2 is 1.79 bits per heavy atom. The smallest absolute Gasteiger partial charge is 0.412 e. The number of hydrogen-bond donors (Lipinski definition) is 4. The van der Waals surface area contributed by atoms with Crippen molar-refractivity contribution in [2.24, 2.45) is 10.7 Å². The molecule has 9 heteroatoms. The van der Waals surface area contributed by atoms with E-state index in [1.54, 1.807) is 43.9 Å². The number of aryl methyl sites for hydroxylation is 1. The number of amides is 2. The van der Waals surface area contributed by atoms with Crippen LogP contribution < -0.4 is 21.3 Å². The number of guanidine groups is 1. The van der Waals surface area contributed by atoms with E-state index in [2.05, 4.69) is 15.6 Å². The number of aromatic hydroxyl groups is 1. The average Bonchev–Trinajstić information content (AvgIpc) is 2.97. The number of hydrogen-bond acceptors (Lipinski definition) is 5. The fraction of sp³-hybridized carbons (Fsp3) is 0.276. The Hall–Kier alpha value is -4.53. The molecule has 38 heavy (non-hydrogen) atoms. The van der Waals surface area contributed by atoms with Gasteiger partial charge in [-0.25, -0.2) is 9.79 Å². The third-order valence-electron chi connectivity index (χ3n) is 5.87. The number of aliphatic imine (C=N–C) groups is 1. The van der Waals surface area contributed by atoms with Gasteiger partial charge in [0.25, 0.3) is 5.91 Å². The van der Waals surface area contributed by atoms with Gasteiger partial charge in [-0.05, 0) is 87.2 Å². The summed E-state index contributed by atoms with van der Waals surface area (Å²) in [5, 5.41) is 15.2. The normalized spacial score (nSPS) is 15.9. The number of para-hydroxylation sites is 1. The maximum atomic E-state index is 13.8. The number of phenols is 1. The molecule has 0 saturated heterocycles. The molecule has 1 atom stereocenters. The Morgan fingerprint density at radius 3 is 2.53 bits per heavy atom. The molecule has 1 unspecified atom stereocenters. The minimum atomic E-state index is -0.685. The van der Waals surface area contributed by atoms with Crippen molar-refractivity contribution >= 4 is 35.0 Å². The van der Waals surface area contributed by atoms with Crippen LogP contribution in [0.4, 0.5) is 21.9 Å². The van der Waals surface area contributed by atoms with Gasteiger partial charge in [0, 0.05) is 17.1 Å². The number of nitrogens with two attached hydrogens (primary N) is 1. The van der Waals surface area contributed by atoms with Crippen LogP contribution >= 0.6 is 0 Å². The highest BCUT2D eigenvalue weighted by Gasteiger charge is 2.30. The molecule has 9 nitrogen and oxygen atoms in total. The third kappa shape index (κ3) is 7.03. The number of nitrogens with zero attached hydrogens (tertiary/aromatic N) is 2. The van der Waals surface area contributed by atoms with E-state index >= 15 is 0 Å². The lowest BCUT2D eigenvalue weighted by Gasteiger charge is -2.25. The number of carbonyl (C=O) groups is 2. The van der Waals surface area contributed by atoms with E-state index in [9.17, 15) is 14.7 Å². The number of ether oxygens (including phenoxy) is 1. The second-order valence-corrected chi connectivity index (χ2v) is 10.1. The van der Waals surface area contributed by atoms with Crippen molar-refractivity contribution in [1.82, 2.24) is 0 Å². The van der Waals surface area contributed by atoms with Crippen molar-refractivity contribution in [3.05, 3.63) is 83.9 Å². The molecule has 3 aromatic carbocycles. The molecular formula is C29H33N5O4. The predicted octanol–water partition coefficient (Wildman–Crippen LogP) is 5.01. The van der Waals surface area contributed by atoms with Gasteiger partial charge >= 0.3 is 6.09 Å². The second kappa shape index (κ2) is 11.2. The maximum absolute atomic E-state index is 13.8. The zero-order chi connectivity index (χ0) is 27.3. The summed E-state index contributed by atoms with van der Waals surface area (Å²) in [4.78, 5) is 32.3. The lowest BCUT2D eigenvalue weighted by atomic mass is 10.1. The minimum Gasteiger partial charge on any atom is -0.508 e. The van der Waals surface area contributed by atoms with E-state index < -0.39 is 17.7 Å². The first kappa shape index (κ1) is 26.5. The summed E-state index contributed by atoms with van der Waals surface area (Å²) in [6, 6.07) is 20.9. The number of carbonyl (C=O) groups excluding carboxylic acids is 2. The van der Waals surface area contributed by atoms with Crippen molar-refractivity contribution in [3.8, 4) is 5.75 Å². The largest absolute Gasteiger partial charge is 0.508 e. The van der Waals surface area contributed by atoms with Crippen LogP contribution in [0.2, 0.25) is 0 Å². The fourth-order valence-corrected chi connectivity index (χ4v) is 4.23. The van der Waals surface area contributed by atoms with E-state index in [-0.39, 0.29) is 24.2 Å². The molecule has 3 aromatic rings. The van der Waals surface area contributed by atoms with Gasteiger partial charge in [0.05, 0.1) is 6.54 Å². The molecule has 198 valence electrons. The molecule has 1 heterocycles. The van der Waals surface area contributed by atoms with Crippen LogP contribution in [0.15, 0.2) is 77.8 Å². The molecule has 0 bridgehead atoms. The molecule has 0 fully saturated rings. The Morgan fingerprint density at radius 1 is 1.05 bits per heavy atom. The van der Waals surface area contributed by atoms with Gasteiger partial charge in [0.2, 0.25) is 0 Å². The zero-order valence-electron chi connectivity index (χ0n) is 21.8. The molecule has 4 rings (SSSR count). The van der Waals surface area contributed by atoms with Gasteiger partial charge < -0.3 is 25.8 Å². The molecule has 5 N–H and O–H groups in total. The zero-order valence-corrected chi connectivity index (χ0v) is 21.8. The van der Waals surface area contributed by atoms with Crippen molar-refractivity contribution < 1.29 is 19.4 Å². The summed E-state index contributed by atoms with van der Waals surface area (Å²) in [6.45, 7) is 5.70. The summed E-state index contributed by atoms with van der Waals surface area (Å²) < 4.78 is 5.35. The highest BCUT2D eigenvalue weighted by Crippen LogP contribution is 2.30. The molecule has 0 aromatic heterocycles. The number of anilines is 3. The van der Waals surface area contributed by atoms with E-state index in [0.29, 0.717) is 24.2 Å². The number of benzene rings is 3. The lowest BCUT2D eigenvalue weighted by Crippen LogP contribution is -2.39. The molecule has 0 saturated carbocycles. The Kier molecular flexibility index (Phi) is 7.85. The highest BCUT2D eigenvalue weighted by molar-refractivity contribution is 6.01. The quantitative estimate of drug-likeness (QED) is 0.215. The van der Waals surface area contributed by atoms with Crippen LogP contribution in [0.5, 0.6) is 5.75 Å². The van der Waals surface area contributed by atoms with Gasteiger partial charge in [-0.15, -0.1) is 0 Å². The topological polar surface area (TPSA) is 129 Å². The molecule has 1 aliphatic rings. The SMILES string of the molecule is CC(C)(C)OC(=O)Nc1cccc(CN2C(=O)C(N=C(N)Nc3ccc(O)cc3)CCc3ccccc32)c1. The van der Waals surface area contributed by atoms with Crippen LogP contribution in [-0.4, -0.2) is 34.7 Å². The van der Waals surface area contributed by atoms with Gasteiger partial charge in [0.1, 0.15) is 17.4 Å². The Balaban J connectivity index is 1.56. The van der Waals surface area contributed by atoms with Crippen molar-refractivity contribution in [3.63, 3.8) is 0 Å². The first-order chi connectivity index (χ1) is 18.1. The molecular weight excluding hydrogens is 482 g/mol. The summed E-state index contributed by atoms with van der Waals surface area (Å²) >= 11 is 0. The summed E-state index contributed by atoms with van der Waals surface area (Å²) in [5.74, 6) is 0.0863. The molecule has 1 aliphatic heterocycles. The number of phenolic OH excluding ortho intramolecular Hbond substituents is 1. The van der Waals surface area contributed by atoms with Crippen LogP contribution in [0, 0.1) is 0 Å². The summed E-state index contributed by atoms with van der Waals surface area (Å²) in [7, 11) is 0. The highest BCUT2D eigenvalue weighted by atomic mass is 16.6. The van der Waals surface area contributed by atoms with Gasteiger partial charge in [0.15, 0.2) is 5.96 Å². The lowest BCUT2D eigenvalue weighted by molar-refractivity contribution is -0.119. The fourth-order valence-electron chi connectivity index (χ4n) is 4.23. The number of nitrogens with one attached hydrogen (secondary N) is 2. The molecule has 0 aliphatic carbocycles. The van der Waals surface area contributed by atoms with Gasteiger partial charge in [-0.3, -0.25) is 10.1 Å². The summed E-state index contributed by atoms with van der Waals surface area (Å²) in [6.07, 6.45) is 0.626. The van der Waals surface area contributed by atoms with Crippen LogP contribution in [0.1, 0.15) is 38.3 Å². The Labute approximate surface area is 222 Å². The molecule has 0 spiro atoms.